The van der Waals surface area contributed by atoms with Crippen LogP contribution < -0.4 is 4.90 Å². The van der Waals surface area contributed by atoms with Gasteiger partial charge in [0.05, 0.1) is 25.0 Å². The van der Waals surface area contributed by atoms with Gasteiger partial charge >= 0.3 is 12.2 Å². The predicted molar refractivity (Wildman–Crippen MR) is 129 cm³/mol. The van der Waals surface area contributed by atoms with Gasteiger partial charge in [-0.1, -0.05) is 11.3 Å². The molecular formula is C25H25FN6O5. The summed E-state index contributed by atoms with van der Waals surface area (Å²) in [6, 6.07) is 7.70. The number of halogens is 1. The minimum atomic E-state index is -0.935. The monoisotopic (exact) mass is 508 g/mol. The first-order valence-corrected chi connectivity index (χ1v) is 12.0. The molecule has 0 saturated carbocycles. The Bertz CT molecular complexity index is 1290. The number of rotatable bonds is 7. The van der Waals surface area contributed by atoms with Crippen LogP contribution in [0.2, 0.25) is 0 Å². The molecule has 0 spiro atoms. The minimum absolute atomic E-state index is 0.114. The summed E-state index contributed by atoms with van der Waals surface area (Å²) >= 11 is 0. The fourth-order valence-electron chi connectivity index (χ4n) is 4.69. The molecule has 11 nitrogen and oxygen atoms in total. The number of benzene rings is 1. The second kappa shape index (κ2) is 10.3. The number of aromatic nitrogens is 4. The first kappa shape index (κ1) is 24.3. The maximum absolute atomic E-state index is 15.0. The molecule has 0 bridgehead atoms. The molecule has 2 aliphatic heterocycles. The van der Waals surface area contributed by atoms with Crippen LogP contribution in [0.5, 0.6) is 0 Å². The van der Waals surface area contributed by atoms with E-state index in [0.29, 0.717) is 61.4 Å². The summed E-state index contributed by atoms with van der Waals surface area (Å²) in [6.07, 6.45) is 4.30. The lowest BCUT2D eigenvalue weighted by molar-refractivity contribution is 0.0916. The lowest BCUT2D eigenvalue weighted by Gasteiger charge is -2.29. The number of carbonyl (C=O) groups excluding carboxylic acids is 2. The molecule has 3 aromatic rings. The van der Waals surface area contributed by atoms with Crippen LogP contribution in [0.15, 0.2) is 48.9 Å². The smallest absolute Gasteiger partial charge is 0.414 e. The second-order valence-corrected chi connectivity index (χ2v) is 9.18. The van der Waals surface area contributed by atoms with E-state index >= 15 is 4.39 Å². The topological polar surface area (TPSA) is 131 Å². The predicted octanol–water partition coefficient (Wildman–Crippen LogP) is 3.47. The third-order valence-corrected chi connectivity index (χ3v) is 6.72. The fraction of sp³-hybridized carbons (Fsp3) is 0.360. The van der Waals surface area contributed by atoms with Gasteiger partial charge in [0.25, 0.3) is 0 Å². The highest BCUT2D eigenvalue weighted by Crippen LogP contribution is 2.29. The Morgan fingerprint density at radius 1 is 1.16 bits per heavy atom. The zero-order chi connectivity index (χ0) is 25.9. The number of ether oxygens (including phenoxy) is 1. The first-order chi connectivity index (χ1) is 17.9. The van der Waals surface area contributed by atoms with Crippen molar-refractivity contribution in [2.45, 2.75) is 31.9 Å². The van der Waals surface area contributed by atoms with Crippen molar-refractivity contribution in [3.8, 4) is 11.1 Å². The third kappa shape index (κ3) is 5.42. The molecule has 4 heterocycles. The Hall–Kier alpha value is -4.35. The summed E-state index contributed by atoms with van der Waals surface area (Å²) in [5, 5.41) is 16.6. The summed E-state index contributed by atoms with van der Waals surface area (Å²) < 4.78 is 22.0. The van der Waals surface area contributed by atoms with Crippen LogP contribution in [0.1, 0.15) is 29.8 Å². The molecule has 12 heteroatoms. The van der Waals surface area contributed by atoms with Gasteiger partial charge in [0.15, 0.2) is 5.78 Å². The molecule has 1 aromatic carbocycles. The van der Waals surface area contributed by atoms with Gasteiger partial charge in [-0.15, -0.1) is 5.10 Å². The SMILES string of the molecule is O=C(CC1CCN(C(=O)O)CC1)c1ccc(-c2ccc(N3C[C@H](Cn4ccnn4)OC3=O)cc2F)cn1. The van der Waals surface area contributed by atoms with Crippen LogP contribution in [0.25, 0.3) is 11.1 Å². The highest BCUT2D eigenvalue weighted by atomic mass is 19.1. The van der Waals surface area contributed by atoms with Crippen molar-refractivity contribution < 1.29 is 28.6 Å². The number of likely N-dealkylation sites (tertiary alicyclic amines) is 1. The number of nitrogens with zero attached hydrogens (tertiary/aromatic N) is 6. The minimum Gasteiger partial charge on any atom is -0.465 e. The molecule has 2 amide bonds. The Kier molecular flexibility index (Phi) is 6.80. The zero-order valence-corrected chi connectivity index (χ0v) is 19.9. The summed E-state index contributed by atoms with van der Waals surface area (Å²) in [4.78, 5) is 43.0. The Morgan fingerprint density at radius 3 is 2.62 bits per heavy atom. The molecule has 0 unspecified atom stereocenters. The fourth-order valence-corrected chi connectivity index (χ4v) is 4.69. The van der Waals surface area contributed by atoms with Gasteiger partial charge in [-0.25, -0.2) is 18.7 Å². The quantitative estimate of drug-likeness (QED) is 0.480. The molecule has 2 aromatic heterocycles. The maximum Gasteiger partial charge on any atom is 0.414 e. The summed E-state index contributed by atoms with van der Waals surface area (Å²) in [7, 11) is 0. The number of ketones is 1. The molecule has 1 N–H and O–H groups in total. The highest BCUT2D eigenvalue weighted by molar-refractivity contribution is 5.94. The van der Waals surface area contributed by atoms with Crippen LogP contribution in [0.3, 0.4) is 0 Å². The third-order valence-electron chi connectivity index (χ3n) is 6.72. The average molecular weight is 509 g/mol. The van der Waals surface area contributed by atoms with Crippen LogP contribution >= 0.6 is 0 Å². The van der Waals surface area contributed by atoms with E-state index in [-0.39, 0.29) is 18.2 Å². The van der Waals surface area contributed by atoms with Crippen molar-refractivity contribution in [1.82, 2.24) is 24.9 Å². The van der Waals surface area contributed by atoms with Gasteiger partial charge in [0, 0.05) is 43.0 Å². The van der Waals surface area contributed by atoms with Gasteiger partial charge in [-0.05, 0) is 43.0 Å². The maximum atomic E-state index is 15.0. The first-order valence-electron chi connectivity index (χ1n) is 12.0. The molecule has 0 radical (unpaired) electrons. The van der Waals surface area contributed by atoms with Crippen LogP contribution in [-0.2, 0) is 11.3 Å². The average Bonchev–Trinajstić information content (AvgIpc) is 3.54. The highest BCUT2D eigenvalue weighted by Gasteiger charge is 2.33. The number of pyridine rings is 1. The van der Waals surface area contributed by atoms with Gasteiger partial charge in [-0.2, -0.15) is 0 Å². The largest absolute Gasteiger partial charge is 0.465 e. The molecule has 37 heavy (non-hydrogen) atoms. The van der Waals surface area contributed by atoms with Crippen molar-refractivity contribution in [3.63, 3.8) is 0 Å². The van der Waals surface area contributed by atoms with E-state index in [1.165, 1.54) is 28.3 Å². The van der Waals surface area contributed by atoms with E-state index in [4.69, 9.17) is 9.84 Å². The van der Waals surface area contributed by atoms with Crippen molar-refractivity contribution in [3.05, 3.63) is 60.4 Å². The summed E-state index contributed by atoms with van der Waals surface area (Å²) in [5.41, 5.74) is 1.46. The van der Waals surface area contributed by atoms with Crippen molar-refractivity contribution >= 4 is 23.7 Å². The normalized spacial score (nSPS) is 18.2. The number of carbonyl (C=O) groups is 3. The second-order valence-electron chi connectivity index (χ2n) is 9.18. The van der Waals surface area contributed by atoms with E-state index in [1.807, 2.05) is 0 Å². The number of Topliss-reactive ketones (excluding diaryl/α,β-unsaturated/α-hetero) is 1. The van der Waals surface area contributed by atoms with E-state index in [9.17, 15) is 14.4 Å². The lowest BCUT2D eigenvalue weighted by Crippen LogP contribution is -2.37. The van der Waals surface area contributed by atoms with Gasteiger partial charge < -0.3 is 14.7 Å². The van der Waals surface area contributed by atoms with Crippen molar-refractivity contribution in [2.75, 3.05) is 24.5 Å². The van der Waals surface area contributed by atoms with E-state index < -0.39 is 24.1 Å². The van der Waals surface area contributed by atoms with E-state index in [2.05, 4.69) is 15.3 Å². The Labute approximate surface area is 211 Å². The standard InChI is InChI=1S/C25H25FN6O5/c26-21-12-18(32-15-19(37-25(32)36)14-31-10-7-28-29-31)2-3-20(21)17-1-4-22(27-13-17)23(33)11-16-5-8-30(9-6-16)24(34)35/h1-4,7,10,12-13,16,19H,5-6,8-9,11,14-15H2,(H,34,35)/t19-/m0/s1. The molecule has 5 rings (SSSR count). The lowest BCUT2D eigenvalue weighted by atomic mass is 9.91. The van der Waals surface area contributed by atoms with Gasteiger partial charge in [-0.3, -0.25) is 14.7 Å². The molecule has 1 atom stereocenters. The molecular weight excluding hydrogens is 483 g/mol. The Morgan fingerprint density at radius 2 is 1.97 bits per heavy atom. The molecule has 2 saturated heterocycles. The van der Waals surface area contributed by atoms with E-state index in [0.717, 1.165) is 0 Å². The molecule has 0 aliphatic carbocycles. The summed E-state index contributed by atoms with van der Waals surface area (Å²) in [5.74, 6) is -0.539. The van der Waals surface area contributed by atoms with Crippen molar-refractivity contribution in [1.29, 1.82) is 0 Å². The number of hydrogen-bond acceptors (Lipinski definition) is 7. The molecule has 192 valence electrons. The zero-order valence-electron chi connectivity index (χ0n) is 19.9. The summed E-state index contributed by atoms with van der Waals surface area (Å²) in [6.45, 7) is 1.45. The Balaban J connectivity index is 1.21. The number of piperidine rings is 1. The number of carboxylic acid groups (broad SMARTS) is 1. The number of hydrogen-bond donors (Lipinski definition) is 1. The number of amides is 2. The molecule has 2 aliphatic rings. The molecule has 2 fully saturated rings. The van der Waals surface area contributed by atoms with Gasteiger partial charge in [0.2, 0.25) is 0 Å². The van der Waals surface area contributed by atoms with Gasteiger partial charge in [0.1, 0.15) is 17.6 Å². The van der Waals surface area contributed by atoms with E-state index in [1.54, 1.807) is 35.1 Å². The van der Waals surface area contributed by atoms with Crippen LogP contribution in [-0.4, -0.2) is 73.7 Å². The number of cyclic esters (lactones) is 1. The number of anilines is 1. The van der Waals surface area contributed by atoms with Crippen LogP contribution in [0, 0.1) is 11.7 Å². The van der Waals surface area contributed by atoms with Crippen molar-refractivity contribution in [2.24, 2.45) is 5.92 Å². The van der Waals surface area contributed by atoms with Crippen LogP contribution in [0.4, 0.5) is 19.7 Å².